The monoisotopic (exact) mass is 248 g/mol. The van der Waals surface area contributed by atoms with Crippen molar-refractivity contribution >= 4 is 5.78 Å². The predicted octanol–water partition coefficient (Wildman–Crippen LogP) is 3.34. The number of hydrogen-bond donors (Lipinski definition) is 0. The van der Waals surface area contributed by atoms with E-state index in [1.807, 2.05) is 13.8 Å². The van der Waals surface area contributed by atoms with Crippen LogP contribution >= 0.6 is 0 Å². The molecule has 0 bridgehead atoms. The van der Waals surface area contributed by atoms with E-state index in [4.69, 9.17) is 9.47 Å². The Morgan fingerprint density at radius 3 is 2.61 bits per heavy atom. The maximum atomic E-state index is 12.5. The number of carbonyl (C=O) groups is 1. The Morgan fingerprint density at radius 2 is 2.06 bits per heavy atom. The molecule has 2 rings (SSSR count). The third-order valence-corrected chi connectivity index (χ3v) is 3.50. The number of ether oxygens (including phenoxy) is 2. The molecule has 0 atom stereocenters. The van der Waals surface area contributed by atoms with Crippen molar-refractivity contribution in [3.63, 3.8) is 0 Å². The third-order valence-electron chi connectivity index (χ3n) is 3.50. The SMILES string of the molecule is COC1=COC=C2CC(C)(C)C(C(=O)C(C)C)=C21. The lowest BCUT2D eigenvalue weighted by Gasteiger charge is -2.22. The molecule has 0 N–H and O–H groups in total. The number of hydrogen-bond acceptors (Lipinski definition) is 3. The molecule has 0 amide bonds. The summed E-state index contributed by atoms with van der Waals surface area (Å²) in [5.41, 5.74) is 2.71. The molecular formula is C15H20O3. The zero-order valence-electron chi connectivity index (χ0n) is 11.7. The molecule has 0 saturated carbocycles. The van der Waals surface area contributed by atoms with Crippen molar-refractivity contribution in [2.24, 2.45) is 11.3 Å². The summed E-state index contributed by atoms with van der Waals surface area (Å²) in [6, 6.07) is 0. The van der Waals surface area contributed by atoms with Gasteiger partial charge in [-0.15, -0.1) is 0 Å². The highest BCUT2D eigenvalue weighted by molar-refractivity contribution is 6.01. The number of ketones is 1. The Balaban J connectivity index is 2.60. The maximum Gasteiger partial charge on any atom is 0.162 e. The second-order valence-electron chi connectivity index (χ2n) is 5.80. The van der Waals surface area contributed by atoms with Crippen molar-refractivity contribution in [2.75, 3.05) is 7.11 Å². The van der Waals surface area contributed by atoms with Gasteiger partial charge in [-0.05, 0) is 17.4 Å². The minimum absolute atomic E-state index is 0.00734. The van der Waals surface area contributed by atoms with Crippen LogP contribution < -0.4 is 0 Å². The summed E-state index contributed by atoms with van der Waals surface area (Å²) in [5.74, 6) is 0.845. The van der Waals surface area contributed by atoms with E-state index in [0.717, 1.165) is 23.1 Å². The normalized spacial score (nSPS) is 21.2. The van der Waals surface area contributed by atoms with Crippen LogP contribution in [0.4, 0.5) is 0 Å². The van der Waals surface area contributed by atoms with Gasteiger partial charge in [0.1, 0.15) is 6.26 Å². The average Bonchev–Trinajstić information content (AvgIpc) is 2.57. The van der Waals surface area contributed by atoms with Crippen molar-refractivity contribution in [3.8, 4) is 0 Å². The van der Waals surface area contributed by atoms with Gasteiger partial charge < -0.3 is 9.47 Å². The summed E-state index contributed by atoms with van der Waals surface area (Å²) in [6.07, 6.45) is 4.10. The first-order chi connectivity index (χ1) is 8.38. The zero-order chi connectivity index (χ0) is 13.5. The number of rotatable bonds is 3. The lowest BCUT2D eigenvalue weighted by atomic mass is 9.80. The summed E-state index contributed by atoms with van der Waals surface area (Å²) in [4.78, 5) is 12.5. The van der Waals surface area contributed by atoms with E-state index < -0.39 is 0 Å². The van der Waals surface area contributed by atoms with Gasteiger partial charge in [0.05, 0.1) is 13.4 Å². The minimum Gasteiger partial charge on any atom is -0.493 e. The van der Waals surface area contributed by atoms with Crippen LogP contribution in [0.25, 0.3) is 0 Å². The molecule has 3 nitrogen and oxygen atoms in total. The van der Waals surface area contributed by atoms with Crippen LogP contribution in [0.2, 0.25) is 0 Å². The first-order valence-electron chi connectivity index (χ1n) is 6.27. The van der Waals surface area contributed by atoms with E-state index in [1.54, 1.807) is 19.6 Å². The van der Waals surface area contributed by atoms with Gasteiger partial charge in [0, 0.05) is 17.1 Å². The van der Waals surface area contributed by atoms with E-state index in [1.165, 1.54) is 0 Å². The molecule has 0 saturated heterocycles. The van der Waals surface area contributed by atoms with Gasteiger partial charge in [-0.25, -0.2) is 0 Å². The highest BCUT2D eigenvalue weighted by Crippen LogP contribution is 2.50. The highest BCUT2D eigenvalue weighted by Gasteiger charge is 2.42. The molecule has 18 heavy (non-hydrogen) atoms. The molecule has 98 valence electrons. The van der Waals surface area contributed by atoms with Gasteiger partial charge in [0.2, 0.25) is 0 Å². The van der Waals surface area contributed by atoms with Crippen molar-refractivity contribution in [1.82, 2.24) is 0 Å². The summed E-state index contributed by atoms with van der Waals surface area (Å²) < 4.78 is 10.6. The summed E-state index contributed by atoms with van der Waals surface area (Å²) in [7, 11) is 1.61. The molecule has 0 fully saturated rings. The zero-order valence-corrected chi connectivity index (χ0v) is 11.7. The molecular weight excluding hydrogens is 228 g/mol. The fraction of sp³-hybridized carbons (Fsp3) is 0.533. The Hall–Kier alpha value is -1.51. The van der Waals surface area contributed by atoms with Crippen LogP contribution in [0.5, 0.6) is 0 Å². The van der Waals surface area contributed by atoms with E-state index in [2.05, 4.69) is 13.8 Å². The molecule has 0 radical (unpaired) electrons. The lowest BCUT2D eigenvalue weighted by molar-refractivity contribution is -0.119. The quantitative estimate of drug-likeness (QED) is 0.768. The van der Waals surface area contributed by atoms with Gasteiger partial charge in [-0.3, -0.25) is 4.79 Å². The molecule has 3 heteroatoms. The van der Waals surface area contributed by atoms with Crippen LogP contribution in [-0.2, 0) is 14.3 Å². The molecule has 0 aromatic carbocycles. The fourth-order valence-electron chi connectivity index (χ4n) is 2.67. The maximum absolute atomic E-state index is 12.5. The fourth-order valence-corrected chi connectivity index (χ4v) is 2.67. The third kappa shape index (κ3) is 1.88. The molecule has 1 aliphatic heterocycles. The Morgan fingerprint density at radius 1 is 1.39 bits per heavy atom. The second kappa shape index (κ2) is 4.30. The average molecular weight is 248 g/mol. The topological polar surface area (TPSA) is 35.5 Å². The van der Waals surface area contributed by atoms with E-state index in [-0.39, 0.29) is 17.1 Å². The van der Waals surface area contributed by atoms with Crippen LogP contribution in [0.15, 0.2) is 35.0 Å². The number of allylic oxidation sites excluding steroid dienone is 2. The Kier molecular flexibility index (Phi) is 3.09. The van der Waals surface area contributed by atoms with Gasteiger partial charge in [-0.2, -0.15) is 0 Å². The first kappa shape index (κ1) is 12.9. The summed E-state index contributed by atoms with van der Waals surface area (Å²) in [6.45, 7) is 8.07. The van der Waals surface area contributed by atoms with Gasteiger partial charge in [0.25, 0.3) is 0 Å². The van der Waals surface area contributed by atoms with Crippen LogP contribution in [0.1, 0.15) is 34.1 Å². The molecule has 1 aliphatic carbocycles. The highest BCUT2D eigenvalue weighted by atomic mass is 16.5. The van der Waals surface area contributed by atoms with Crippen molar-refractivity contribution in [2.45, 2.75) is 34.1 Å². The van der Waals surface area contributed by atoms with Gasteiger partial charge in [-0.1, -0.05) is 27.7 Å². The lowest BCUT2D eigenvalue weighted by Crippen LogP contribution is -2.22. The van der Waals surface area contributed by atoms with E-state index >= 15 is 0 Å². The number of fused-ring (bicyclic) bond motifs is 1. The largest absolute Gasteiger partial charge is 0.493 e. The van der Waals surface area contributed by atoms with Crippen molar-refractivity contribution < 1.29 is 14.3 Å². The Bertz CT molecular complexity index is 476. The number of methoxy groups -OCH3 is 1. The number of Topliss-reactive ketones (excluding diaryl/α,β-unsaturated/α-hetero) is 1. The molecule has 0 spiro atoms. The van der Waals surface area contributed by atoms with E-state index in [9.17, 15) is 4.79 Å². The molecule has 0 aromatic heterocycles. The second-order valence-corrected chi connectivity index (χ2v) is 5.80. The molecule has 0 aromatic rings. The molecule has 2 aliphatic rings. The smallest absolute Gasteiger partial charge is 0.162 e. The number of carbonyl (C=O) groups excluding carboxylic acids is 1. The predicted molar refractivity (Wildman–Crippen MR) is 69.5 cm³/mol. The van der Waals surface area contributed by atoms with Gasteiger partial charge >= 0.3 is 0 Å². The summed E-state index contributed by atoms with van der Waals surface area (Å²) >= 11 is 0. The molecule has 0 unspecified atom stereocenters. The minimum atomic E-state index is -0.159. The van der Waals surface area contributed by atoms with Crippen LogP contribution in [-0.4, -0.2) is 12.9 Å². The van der Waals surface area contributed by atoms with E-state index in [0.29, 0.717) is 5.76 Å². The Labute approximate surface area is 108 Å². The van der Waals surface area contributed by atoms with Gasteiger partial charge in [0.15, 0.2) is 11.5 Å². The van der Waals surface area contributed by atoms with Crippen LogP contribution in [0, 0.1) is 11.3 Å². The standard InChI is InChI=1S/C15H20O3/c1-9(2)14(16)13-12-10(6-15(13,3)4)7-18-8-11(12)17-5/h7-9H,6H2,1-5H3. The summed E-state index contributed by atoms with van der Waals surface area (Å²) in [5, 5.41) is 0. The first-order valence-corrected chi connectivity index (χ1v) is 6.27. The van der Waals surface area contributed by atoms with Crippen LogP contribution in [0.3, 0.4) is 0 Å². The van der Waals surface area contributed by atoms with Crippen molar-refractivity contribution in [3.05, 3.63) is 35.0 Å². The molecule has 1 heterocycles. The van der Waals surface area contributed by atoms with Crippen molar-refractivity contribution in [1.29, 1.82) is 0 Å².